The van der Waals surface area contributed by atoms with Gasteiger partial charge >= 0.3 is 5.97 Å². The van der Waals surface area contributed by atoms with Gasteiger partial charge in [-0.2, -0.15) is 0 Å². The van der Waals surface area contributed by atoms with Gasteiger partial charge in [0.25, 0.3) is 0 Å². The first-order valence-corrected chi connectivity index (χ1v) is 8.87. The van der Waals surface area contributed by atoms with E-state index in [4.69, 9.17) is 5.11 Å². The molecule has 0 aromatic carbocycles. The van der Waals surface area contributed by atoms with Crippen LogP contribution in [0.4, 0.5) is 0 Å². The van der Waals surface area contributed by atoms with Crippen LogP contribution in [0.5, 0.6) is 0 Å². The lowest BCUT2D eigenvalue weighted by Crippen LogP contribution is -2.42. The summed E-state index contributed by atoms with van der Waals surface area (Å²) in [7, 11) is 0. The molecule has 1 saturated heterocycles. The number of amides is 2. The topological polar surface area (TPSA) is 86.7 Å². The number of nitrogens with one attached hydrogen (secondary N) is 1. The molecule has 2 N–H and O–H groups in total. The molecule has 6 heteroatoms. The molecular weight excluding hydrogens is 296 g/mol. The van der Waals surface area contributed by atoms with Crippen LogP contribution in [0.3, 0.4) is 0 Å². The highest BCUT2D eigenvalue weighted by Gasteiger charge is 2.39. The number of carbonyl (C=O) groups excluding carboxylic acids is 2. The number of nitrogens with zero attached hydrogens (tertiary/aromatic N) is 1. The van der Waals surface area contributed by atoms with Gasteiger partial charge in [-0.3, -0.25) is 14.4 Å². The molecule has 23 heavy (non-hydrogen) atoms. The van der Waals surface area contributed by atoms with E-state index in [1.54, 1.807) is 0 Å². The average molecular weight is 322 g/mol. The van der Waals surface area contributed by atoms with Crippen LogP contribution in [0.2, 0.25) is 0 Å². The van der Waals surface area contributed by atoms with Crippen LogP contribution >= 0.6 is 0 Å². The summed E-state index contributed by atoms with van der Waals surface area (Å²) < 4.78 is 0. The first kappa shape index (κ1) is 16.3. The second-order valence-electron chi connectivity index (χ2n) is 7.28. The number of likely N-dealkylation sites (tertiary alicyclic amines) is 1. The van der Waals surface area contributed by atoms with E-state index >= 15 is 0 Å². The fraction of sp³-hybridized carbons (Fsp3) is 0.824. The van der Waals surface area contributed by atoms with Gasteiger partial charge in [-0.1, -0.05) is 12.8 Å². The van der Waals surface area contributed by atoms with E-state index in [-0.39, 0.29) is 29.7 Å². The number of carboxylic acid groups (broad SMARTS) is 1. The molecule has 1 atom stereocenters. The van der Waals surface area contributed by atoms with Gasteiger partial charge in [-0.05, 0) is 38.5 Å². The van der Waals surface area contributed by atoms with Crippen molar-refractivity contribution in [2.75, 3.05) is 6.54 Å². The number of rotatable bonds is 4. The van der Waals surface area contributed by atoms with Crippen LogP contribution in [0, 0.1) is 11.8 Å². The fourth-order valence-corrected chi connectivity index (χ4v) is 4.28. The second-order valence-corrected chi connectivity index (χ2v) is 7.28. The van der Waals surface area contributed by atoms with E-state index in [1.165, 1.54) is 12.8 Å². The summed E-state index contributed by atoms with van der Waals surface area (Å²) in [6, 6.07) is 0.403. The molecule has 1 aliphatic heterocycles. The molecule has 0 radical (unpaired) electrons. The minimum atomic E-state index is -0.733. The van der Waals surface area contributed by atoms with Gasteiger partial charge in [0.2, 0.25) is 11.8 Å². The average Bonchev–Trinajstić information content (AvgIpc) is 3.16. The van der Waals surface area contributed by atoms with E-state index in [2.05, 4.69) is 5.32 Å². The Hall–Kier alpha value is -1.59. The van der Waals surface area contributed by atoms with Gasteiger partial charge in [0.15, 0.2) is 0 Å². The molecule has 2 amide bonds. The highest BCUT2D eigenvalue weighted by Crippen LogP contribution is 2.30. The lowest BCUT2D eigenvalue weighted by molar-refractivity contribution is -0.143. The molecule has 3 aliphatic rings. The normalized spacial score (nSPS) is 32.3. The third-order valence-corrected chi connectivity index (χ3v) is 5.72. The Balaban J connectivity index is 1.47. The molecule has 3 rings (SSSR count). The Bertz CT molecular complexity index is 479. The van der Waals surface area contributed by atoms with Gasteiger partial charge in [-0.25, -0.2) is 0 Å². The van der Waals surface area contributed by atoms with Crippen molar-refractivity contribution in [3.05, 3.63) is 0 Å². The van der Waals surface area contributed by atoms with Crippen molar-refractivity contribution in [2.24, 2.45) is 11.8 Å². The molecule has 1 heterocycles. The lowest BCUT2D eigenvalue weighted by atomic mass is 9.86. The maximum Gasteiger partial charge on any atom is 0.306 e. The number of hydrogen-bond donors (Lipinski definition) is 2. The summed E-state index contributed by atoms with van der Waals surface area (Å²) in [4.78, 5) is 37.5. The van der Waals surface area contributed by atoms with Gasteiger partial charge in [0, 0.05) is 25.0 Å². The molecule has 3 fully saturated rings. The van der Waals surface area contributed by atoms with E-state index in [9.17, 15) is 14.4 Å². The van der Waals surface area contributed by atoms with E-state index < -0.39 is 5.97 Å². The van der Waals surface area contributed by atoms with Crippen LogP contribution in [-0.4, -0.2) is 46.4 Å². The standard InChI is InChI=1S/C17H26N2O4/c20-15-9-12(10-19(15)14-3-1-2-4-14)16(21)18-13-7-5-11(6-8-13)17(22)23/h11-14H,1-10H2,(H,18,21)(H,22,23). The number of aliphatic carboxylic acids is 1. The van der Waals surface area contributed by atoms with Crippen LogP contribution < -0.4 is 5.32 Å². The second kappa shape index (κ2) is 6.89. The quantitative estimate of drug-likeness (QED) is 0.822. The van der Waals surface area contributed by atoms with Crippen molar-refractivity contribution in [3.8, 4) is 0 Å². The Morgan fingerprint density at radius 1 is 1.00 bits per heavy atom. The summed E-state index contributed by atoms with van der Waals surface area (Å²) in [5.74, 6) is -1.15. The molecule has 0 aromatic heterocycles. The van der Waals surface area contributed by atoms with Gasteiger partial charge in [0.05, 0.1) is 11.8 Å². The molecule has 2 saturated carbocycles. The fourth-order valence-electron chi connectivity index (χ4n) is 4.28. The smallest absolute Gasteiger partial charge is 0.306 e. The van der Waals surface area contributed by atoms with E-state index in [0.29, 0.717) is 31.8 Å². The van der Waals surface area contributed by atoms with Gasteiger partial charge in [-0.15, -0.1) is 0 Å². The van der Waals surface area contributed by atoms with Gasteiger partial charge in [0.1, 0.15) is 0 Å². The minimum absolute atomic E-state index is 0.0300. The lowest BCUT2D eigenvalue weighted by Gasteiger charge is -2.28. The molecule has 2 aliphatic carbocycles. The first-order chi connectivity index (χ1) is 11.0. The number of carbonyl (C=O) groups is 3. The summed E-state index contributed by atoms with van der Waals surface area (Å²) in [5, 5.41) is 12.1. The van der Waals surface area contributed by atoms with Crippen molar-refractivity contribution >= 4 is 17.8 Å². The van der Waals surface area contributed by atoms with E-state index in [0.717, 1.165) is 25.7 Å². The summed E-state index contributed by atoms with van der Waals surface area (Å²) in [6.45, 7) is 0.555. The summed E-state index contributed by atoms with van der Waals surface area (Å²) in [6.07, 6.45) is 7.50. The van der Waals surface area contributed by atoms with Gasteiger partial charge < -0.3 is 15.3 Å². The Morgan fingerprint density at radius 2 is 1.65 bits per heavy atom. The first-order valence-electron chi connectivity index (χ1n) is 8.87. The zero-order valence-corrected chi connectivity index (χ0v) is 13.5. The van der Waals surface area contributed by atoms with Crippen molar-refractivity contribution in [3.63, 3.8) is 0 Å². The van der Waals surface area contributed by atoms with E-state index in [1.807, 2.05) is 4.90 Å². The van der Waals surface area contributed by atoms with Crippen molar-refractivity contribution in [1.29, 1.82) is 0 Å². The van der Waals surface area contributed by atoms with Crippen LogP contribution in [0.15, 0.2) is 0 Å². The largest absolute Gasteiger partial charge is 0.481 e. The number of hydrogen-bond acceptors (Lipinski definition) is 3. The van der Waals surface area contributed by atoms with Crippen LogP contribution in [0.25, 0.3) is 0 Å². The van der Waals surface area contributed by atoms with Crippen molar-refractivity contribution in [2.45, 2.75) is 69.9 Å². The SMILES string of the molecule is O=C(O)C1CCC(NC(=O)C2CC(=O)N(C3CCCC3)C2)CC1. The molecule has 0 bridgehead atoms. The minimum Gasteiger partial charge on any atom is -0.481 e. The number of carboxylic acids is 1. The monoisotopic (exact) mass is 322 g/mol. The predicted octanol–water partition coefficient (Wildman–Crippen LogP) is 1.54. The maximum atomic E-state index is 12.4. The summed E-state index contributed by atoms with van der Waals surface area (Å²) >= 11 is 0. The Labute approximate surface area is 136 Å². The maximum absolute atomic E-state index is 12.4. The molecular formula is C17H26N2O4. The molecule has 128 valence electrons. The third kappa shape index (κ3) is 3.67. The molecule has 0 spiro atoms. The zero-order valence-electron chi connectivity index (χ0n) is 13.5. The molecule has 1 unspecified atom stereocenters. The molecule has 6 nitrogen and oxygen atoms in total. The van der Waals surface area contributed by atoms with Crippen LogP contribution in [-0.2, 0) is 14.4 Å². The Morgan fingerprint density at radius 3 is 2.26 bits per heavy atom. The highest BCUT2D eigenvalue weighted by molar-refractivity contribution is 5.89. The highest BCUT2D eigenvalue weighted by atomic mass is 16.4. The summed E-state index contributed by atoms with van der Waals surface area (Å²) in [5.41, 5.74) is 0. The Kier molecular flexibility index (Phi) is 4.87. The predicted molar refractivity (Wildman–Crippen MR) is 83.6 cm³/mol. The van der Waals surface area contributed by atoms with Crippen molar-refractivity contribution < 1.29 is 19.5 Å². The molecule has 0 aromatic rings. The zero-order chi connectivity index (χ0) is 16.4. The van der Waals surface area contributed by atoms with Crippen molar-refractivity contribution in [1.82, 2.24) is 10.2 Å². The van der Waals surface area contributed by atoms with Crippen LogP contribution in [0.1, 0.15) is 57.8 Å². The third-order valence-electron chi connectivity index (χ3n) is 5.72.